The lowest BCUT2D eigenvalue weighted by atomic mass is 10.2. The summed E-state index contributed by atoms with van der Waals surface area (Å²) >= 11 is 7.11. The highest BCUT2D eigenvalue weighted by Gasteiger charge is 2.20. The fourth-order valence-electron chi connectivity index (χ4n) is 1.11. The van der Waals surface area contributed by atoms with E-state index in [1.54, 1.807) is 0 Å². The molecule has 0 atom stereocenters. The number of rotatable bonds is 0. The molecular weight excluding hydrogens is 180 g/mol. The van der Waals surface area contributed by atoms with E-state index >= 15 is 0 Å². The van der Waals surface area contributed by atoms with Gasteiger partial charge in [0.1, 0.15) is 0 Å². The summed E-state index contributed by atoms with van der Waals surface area (Å²) in [6.45, 7) is 0. The van der Waals surface area contributed by atoms with Gasteiger partial charge >= 0.3 is 0 Å². The number of hydrogen-bond donors (Lipinski definition) is 0. The average Bonchev–Trinajstić information content (AvgIpc) is 2.31. The van der Waals surface area contributed by atoms with Crippen LogP contribution in [0.1, 0.15) is 5.56 Å². The number of halogens is 1. The van der Waals surface area contributed by atoms with Gasteiger partial charge in [-0.3, -0.25) is 4.79 Å². The number of hydrogen-bond acceptors (Lipinski definition) is 2. The smallest absolute Gasteiger partial charge is 0.198 e. The van der Waals surface area contributed by atoms with Crippen LogP contribution >= 0.6 is 23.4 Å². The summed E-state index contributed by atoms with van der Waals surface area (Å²) in [5.41, 5.74) is 1.06. The van der Waals surface area contributed by atoms with E-state index in [9.17, 15) is 4.79 Å². The topological polar surface area (TPSA) is 17.1 Å². The summed E-state index contributed by atoms with van der Waals surface area (Å²) in [5, 5.41) is 0.881. The Morgan fingerprint density at radius 3 is 3.00 bits per heavy atom. The van der Waals surface area contributed by atoms with E-state index in [1.165, 1.54) is 11.8 Å². The molecule has 0 bridgehead atoms. The molecule has 3 heteroatoms. The maximum Gasteiger partial charge on any atom is 0.198 e. The molecule has 0 aliphatic carbocycles. The van der Waals surface area contributed by atoms with Gasteiger partial charge in [-0.15, -0.1) is 0 Å². The van der Waals surface area contributed by atoms with Crippen molar-refractivity contribution in [3.63, 3.8) is 0 Å². The van der Waals surface area contributed by atoms with Crippen molar-refractivity contribution in [3.05, 3.63) is 28.8 Å². The Labute approximate surface area is 73.7 Å². The van der Waals surface area contributed by atoms with Gasteiger partial charge in [0.25, 0.3) is 0 Å². The van der Waals surface area contributed by atoms with Gasteiger partial charge in [-0.1, -0.05) is 23.7 Å². The molecule has 0 N–H and O–H groups in total. The molecule has 0 aromatic heterocycles. The highest BCUT2D eigenvalue weighted by molar-refractivity contribution is 8.14. The van der Waals surface area contributed by atoms with Crippen molar-refractivity contribution in [2.24, 2.45) is 0 Å². The molecule has 0 saturated heterocycles. The summed E-state index contributed by atoms with van der Waals surface area (Å²) in [4.78, 5) is 11.9. The van der Waals surface area contributed by atoms with Crippen molar-refractivity contribution in [3.8, 4) is 0 Å². The minimum Gasteiger partial charge on any atom is -0.286 e. The van der Waals surface area contributed by atoms with Crippen LogP contribution in [0.5, 0.6) is 0 Å². The Kier molecular flexibility index (Phi) is 1.66. The molecule has 1 aromatic rings. The van der Waals surface area contributed by atoms with Gasteiger partial charge in [-0.2, -0.15) is 0 Å². The molecule has 0 unspecified atom stereocenters. The highest BCUT2D eigenvalue weighted by Crippen LogP contribution is 2.37. The maximum absolute atomic E-state index is 11.0. The first-order valence-corrected chi connectivity index (χ1v) is 4.45. The van der Waals surface area contributed by atoms with E-state index in [2.05, 4.69) is 0 Å². The third-order valence-electron chi connectivity index (χ3n) is 1.60. The summed E-state index contributed by atoms with van der Waals surface area (Å²) in [6, 6.07) is 5.63. The molecule has 1 aliphatic rings. The second-order valence-electron chi connectivity index (χ2n) is 2.38. The lowest BCUT2D eigenvalue weighted by Crippen LogP contribution is -1.85. The van der Waals surface area contributed by atoms with Gasteiger partial charge < -0.3 is 0 Å². The third kappa shape index (κ3) is 1.17. The van der Waals surface area contributed by atoms with Gasteiger partial charge in [-0.05, 0) is 23.4 Å². The summed E-state index contributed by atoms with van der Waals surface area (Å²) < 4.78 is 0. The van der Waals surface area contributed by atoms with Crippen LogP contribution in [0.25, 0.3) is 0 Å². The molecular formula is C8H5ClOS. The average molecular weight is 185 g/mol. The SMILES string of the molecule is O=C1Cc2cccc(Cl)c2S1. The monoisotopic (exact) mass is 184 g/mol. The van der Waals surface area contributed by atoms with Crippen LogP contribution in [0.4, 0.5) is 0 Å². The number of benzene rings is 1. The molecule has 0 radical (unpaired) electrons. The number of carbonyl (C=O) groups excluding carboxylic acids is 1. The quantitative estimate of drug-likeness (QED) is 0.617. The van der Waals surface area contributed by atoms with Crippen LogP contribution in [0.3, 0.4) is 0 Å². The predicted molar refractivity (Wildman–Crippen MR) is 46.0 cm³/mol. The molecule has 0 fully saturated rings. The minimum absolute atomic E-state index is 0.188. The molecule has 2 rings (SSSR count). The predicted octanol–water partition coefficient (Wildman–Crippen LogP) is 2.51. The zero-order valence-corrected chi connectivity index (χ0v) is 7.21. The normalized spacial score (nSPS) is 15.2. The first kappa shape index (κ1) is 7.19. The van der Waals surface area contributed by atoms with Gasteiger partial charge in [0, 0.05) is 11.3 Å². The summed E-state index contributed by atoms with van der Waals surface area (Å²) in [7, 11) is 0. The molecule has 1 aromatic carbocycles. The van der Waals surface area contributed by atoms with Gasteiger partial charge in [0.05, 0.1) is 5.02 Å². The molecule has 11 heavy (non-hydrogen) atoms. The van der Waals surface area contributed by atoms with Crippen LogP contribution < -0.4 is 0 Å². The molecule has 0 spiro atoms. The number of carbonyl (C=O) groups is 1. The summed E-state index contributed by atoms with van der Waals surface area (Å²) in [5.74, 6) is 0. The Bertz CT molecular complexity index is 322. The lowest BCUT2D eigenvalue weighted by Gasteiger charge is -1.96. The Hall–Kier alpha value is -0.470. The molecule has 0 amide bonds. The molecule has 1 heterocycles. The molecule has 56 valence electrons. The van der Waals surface area contributed by atoms with Crippen molar-refractivity contribution in [2.45, 2.75) is 11.3 Å². The van der Waals surface area contributed by atoms with Crippen molar-refractivity contribution in [1.82, 2.24) is 0 Å². The molecule has 1 aliphatic heterocycles. The Morgan fingerprint density at radius 2 is 2.27 bits per heavy atom. The van der Waals surface area contributed by atoms with Crippen LogP contribution in [0.2, 0.25) is 5.02 Å². The summed E-state index contributed by atoms with van der Waals surface area (Å²) in [6.07, 6.45) is 0.528. The van der Waals surface area contributed by atoms with E-state index in [0.29, 0.717) is 11.4 Å². The first-order chi connectivity index (χ1) is 5.27. The van der Waals surface area contributed by atoms with Crippen LogP contribution in [0, 0.1) is 0 Å². The van der Waals surface area contributed by atoms with E-state index < -0.39 is 0 Å². The molecule has 0 saturated carbocycles. The van der Waals surface area contributed by atoms with Gasteiger partial charge in [-0.25, -0.2) is 0 Å². The minimum atomic E-state index is 0.188. The second-order valence-corrected chi connectivity index (χ2v) is 3.85. The highest BCUT2D eigenvalue weighted by atomic mass is 35.5. The van der Waals surface area contributed by atoms with E-state index in [-0.39, 0.29) is 5.12 Å². The van der Waals surface area contributed by atoms with Crippen LogP contribution in [-0.4, -0.2) is 5.12 Å². The Morgan fingerprint density at radius 1 is 1.45 bits per heavy atom. The number of fused-ring (bicyclic) bond motifs is 1. The van der Waals surface area contributed by atoms with Gasteiger partial charge in [0.15, 0.2) is 5.12 Å². The molecule has 1 nitrogen and oxygen atoms in total. The van der Waals surface area contributed by atoms with E-state index in [1.807, 2.05) is 18.2 Å². The van der Waals surface area contributed by atoms with Gasteiger partial charge in [0.2, 0.25) is 0 Å². The largest absolute Gasteiger partial charge is 0.286 e. The fourth-order valence-corrected chi connectivity index (χ4v) is 2.31. The van der Waals surface area contributed by atoms with Crippen molar-refractivity contribution >= 4 is 28.5 Å². The Balaban J connectivity index is 2.57. The maximum atomic E-state index is 11.0. The zero-order valence-electron chi connectivity index (χ0n) is 5.63. The fraction of sp³-hybridized carbons (Fsp3) is 0.125. The zero-order chi connectivity index (χ0) is 7.84. The lowest BCUT2D eigenvalue weighted by molar-refractivity contribution is -0.110. The van der Waals surface area contributed by atoms with E-state index in [4.69, 9.17) is 11.6 Å². The van der Waals surface area contributed by atoms with Crippen molar-refractivity contribution < 1.29 is 4.79 Å². The van der Waals surface area contributed by atoms with Crippen LogP contribution in [0.15, 0.2) is 23.1 Å². The van der Waals surface area contributed by atoms with Crippen molar-refractivity contribution in [2.75, 3.05) is 0 Å². The second kappa shape index (κ2) is 2.54. The van der Waals surface area contributed by atoms with E-state index in [0.717, 1.165) is 10.5 Å². The van der Waals surface area contributed by atoms with Crippen molar-refractivity contribution in [1.29, 1.82) is 0 Å². The first-order valence-electron chi connectivity index (χ1n) is 3.25. The third-order valence-corrected chi connectivity index (χ3v) is 3.08. The standard InChI is InChI=1S/C8H5ClOS/c9-6-3-1-2-5-4-7(10)11-8(5)6/h1-3H,4H2. The van der Waals surface area contributed by atoms with Crippen LogP contribution in [-0.2, 0) is 11.2 Å². The number of thioether (sulfide) groups is 1.